The van der Waals surface area contributed by atoms with Crippen LogP contribution in [0.4, 0.5) is 5.69 Å². The fraction of sp³-hybridized carbons (Fsp3) is 0.571. The normalized spacial score (nSPS) is 24.4. The third-order valence-electron chi connectivity index (χ3n) is 3.49. The summed E-state index contributed by atoms with van der Waals surface area (Å²) in [6, 6.07) is 7.33. The number of halogens is 1. The first-order valence-electron chi connectivity index (χ1n) is 6.31. The van der Waals surface area contributed by atoms with E-state index in [0.29, 0.717) is 6.04 Å². The van der Waals surface area contributed by atoms with Crippen LogP contribution < -0.4 is 10.2 Å². The van der Waals surface area contributed by atoms with Crippen molar-refractivity contribution in [3.8, 4) is 0 Å². The lowest BCUT2D eigenvalue weighted by Crippen LogP contribution is -2.27. The summed E-state index contributed by atoms with van der Waals surface area (Å²) in [4.78, 5) is 2.51. The zero-order valence-electron chi connectivity index (χ0n) is 10.8. The van der Waals surface area contributed by atoms with E-state index in [4.69, 9.17) is 0 Å². The number of rotatable bonds is 3. The Hall–Kier alpha value is -0.540. The molecule has 17 heavy (non-hydrogen) atoms. The zero-order valence-corrected chi connectivity index (χ0v) is 12.4. The summed E-state index contributed by atoms with van der Waals surface area (Å²) >= 11 is 3.71. The van der Waals surface area contributed by atoms with Gasteiger partial charge in [-0.1, -0.05) is 13.0 Å². The van der Waals surface area contributed by atoms with E-state index >= 15 is 0 Å². The minimum Gasteiger partial charge on any atom is -0.368 e. The highest BCUT2D eigenvalue weighted by atomic mass is 79.9. The third-order valence-corrected chi connectivity index (χ3v) is 4.12. The molecule has 0 saturated carbocycles. The number of nitrogens with one attached hydrogen (secondary N) is 1. The van der Waals surface area contributed by atoms with Crippen molar-refractivity contribution >= 4 is 21.6 Å². The van der Waals surface area contributed by atoms with Gasteiger partial charge in [-0.3, -0.25) is 0 Å². The molecular weight excluding hydrogens is 276 g/mol. The second kappa shape index (κ2) is 5.40. The molecule has 0 amide bonds. The molecule has 2 nitrogen and oxygen atoms in total. The molecule has 2 unspecified atom stereocenters. The van der Waals surface area contributed by atoms with Crippen molar-refractivity contribution in [2.45, 2.75) is 32.9 Å². The van der Waals surface area contributed by atoms with E-state index in [0.717, 1.165) is 12.5 Å². The molecule has 1 N–H and O–H groups in total. The Bertz CT molecular complexity index is 392. The van der Waals surface area contributed by atoms with Crippen LogP contribution in [0.2, 0.25) is 0 Å². The zero-order chi connectivity index (χ0) is 12.4. The maximum Gasteiger partial charge on any atom is 0.0513 e. The highest BCUT2D eigenvalue weighted by Gasteiger charge is 2.27. The summed E-state index contributed by atoms with van der Waals surface area (Å²) in [7, 11) is 1.98. The predicted octanol–water partition coefficient (Wildman–Crippen LogP) is 3.40. The summed E-state index contributed by atoms with van der Waals surface area (Å²) in [5.74, 6) is 0.800. The van der Waals surface area contributed by atoms with Gasteiger partial charge in [0.15, 0.2) is 0 Å². The molecule has 1 fully saturated rings. The van der Waals surface area contributed by atoms with Gasteiger partial charge in [-0.15, -0.1) is 0 Å². The molecule has 3 heteroatoms. The predicted molar refractivity (Wildman–Crippen MR) is 77.5 cm³/mol. The van der Waals surface area contributed by atoms with Crippen LogP contribution in [0.1, 0.15) is 25.8 Å². The van der Waals surface area contributed by atoms with Crippen LogP contribution in [0.25, 0.3) is 0 Å². The highest BCUT2D eigenvalue weighted by Crippen LogP contribution is 2.34. The van der Waals surface area contributed by atoms with Crippen LogP contribution >= 0.6 is 15.9 Å². The summed E-state index contributed by atoms with van der Waals surface area (Å²) in [5.41, 5.74) is 2.66. The minimum atomic E-state index is 0.649. The first kappa shape index (κ1) is 12.9. The average molecular weight is 297 g/mol. The molecule has 2 atom stereocenters. The molecule has 1 saturated heterocycles. The van der Waals surface area contributed by atoms with Crippen molar-refractivity contribution in [2.24, 2.45) is 5.92 Å². The fourth-order valence-corrected chi connectivity index (χ4v) is 3.39. The van der Waals surface area contributed by atoms with Gasteiger partial charge in [0.1, 0.15) is 0 Å². The Morgan fingerprint density at radius 1 is 1.41 bits per heavy atom. The van der Waals surface area contributed by atoms with E-state index in [9.17, 15) is 0 Å². The second-order valence-corrected chi connectivity index (χ2v) is 6.01. The molecule has 1 aromatic rings. The SMILES string of the molecule is CNCc1ccc(N2CC(C)CC2C)c(Br)c1. The number of anilines is 1. The van der Waals surface area contributed by atoms with Gasteiger partial charge in [-0.2, -0.15) is 0 Å². The maximum atomic E-state index is 3.71. The molecule has 1 aromatic carbocycles. The largest absolute Gasteiger partial charge is 0.368 e. The molecule has 0 bridgehead atoms. The van der Waals surface area contributed by atoms with Gasteiger partial charge in [-0.05, 0) is 59.9 Å². The molecular formula is C14H21BrN2. The Balaban J connectivity index is 2.21. The van der Waals surface area contributed by atoms with Gasteiger partial charge in [0.05, 0.1) is 5.69 Å². The smallest absolute Gasteiger partial charge is 0.0513 e. The number of benzene rings is 1. The fourth-order valence-electron chi connectivity index (χ4n) is 2.73. The molecule has 1 heterocycles. The second-order valence-electron chi connectivity index (χ2n) is 5.16. The first-order valence-corrected chi connectivity index (χ1v) is 7.10. The third kappa shape index (κ3) is 2.83. The molecule has 1 aliphatic rings. The van der Waals surface area contributed by atoms with Crippen LogP contribution in [-0.4, -0.2) is 19.6 Å². The summed E-state index contributed by atoms with van der Waals surface area (Å²) in [6.45, 7) is 6.74. The van der Waals surface area contributed by atoms with Gasteiger partial charge in [-0.25, -0.2) is 0 Å². The molecule has 0 spiro atoms. The standard InChI is InChI=1S/C14H21BrN2/c1-10-6-11(2)17(9-10)14-5-4-12(8-16-3)7-13(14)15/h4-5,7,10-11,16H,6,8-9H2,1-3H3. The van der Waals surface area contributed by atoms with Crippen LogP contribution in [0.15, 0.2) is 22.7 Å². The van der Waals surface area contributed by atoms with E-state index in [1.54, 1.807) is 0 Å². The average Bonchev–Trinajstić information content (AvgIpc) is 2.58. The molecule has 2 rings (SSSR count). The van der Waals surface area contributed by atoms with Crippen molar-refractivity contribution in [2.75, 3.05) is 18.5 Å². The first-order chi connectivity index (χ1) is 8.11. The van der Waals surface area contributed by atoms with Crippen molar-refractivity contribution in [3.05, 3.63) is 28.2 Å². The molecule has 0 aromatic heterocycles. The molecule has 0 radical (unpaired) electrons. The van der Waals surface area contributed by atoms with Gasteiger partial charge in [0.25, 0.3) is 0 Å². The minimum absolute atomic E-state index is 0.649. The van der Waals surface area contributed by atoms with Gasteiger partial charge < -0.3 is 10.2 Å². The molecule has 0 aliphatic carbocycles. The highest BCUT2D eigenvalue weighted by molar-refractivity contribution is 9.10. The molecule has 1 aliphatic heterocycles. The van der Waals surface area contributed by atoms with Gasteiger partial charge in [0, 0.05) is 23.6 Å². The van der Waals surface area contributed by atoms with E-state index in [1.807, 2.05) is 7.05 Å². The van der Waals surface area contributed by atoms with E-state index in [2.05, 4.69) is 58.2 Å². The van der Waals surface area contributed by atoms with E-state index < -0.39 is 0 Å². The summed E-state index contributed by atoms with van der Waals surface area (Å²) in [5, 5.41) is 3.18. The van der Waals surface area contributed by atoms with Crippen molar-refractivity contribution < 1.29 is 0 Å². The Labute approximate surface area is 113 Å². The lowest BCUT2D eigenvalue weighted by atomic mass is 10.1. The van der Waals surface area contributed by atoms with Crippen LogP contribution in [0.5, 0.6) is 0 Å². The topological polar surface area (TPSA) is 15.3 Å². The Morgan fingerprint density at radius 3 is 2.71 bits per heavy atom. The monoisotopic (exact) mass is 296 g/mol. The Kier molecular flexibility index (Phi) is 4.10. The summed E-state index contributed by atoms with van der Waals surface area (Å²) in [6.07, 6.45) is 1.30. The number of hydrogen-bond donors (Lipinski definition) is 1. The maximum absolute atomic E-state index is 3.71. The van der Waals surface area contributed by atoms with Crippen molar-refractivity contribution in [3.63, 3.8) is 0 Å². The molecule has 94 valence electrons. The summed E-state index contributed by atoms with van der Waals surface area (Å²) < 4.78 is 1.21. The van der Waals surface area contributed by atoms with Crippen molar-refractivity contribution in [1.29, 1.82) is 0 Å². The van der Waals surface area contributed by atoms with Gasteiger partial charge in [0.2, 0.25) is 0 Å². The number of nitrogens with zero attached hydrogens (tertiary/aromatic N) is 1. The Morgan fingerprint density at radius 2 is 2.18 bits per heavy atom. The van der Waals surface area contributed by atoms with Crippen LogP contribution in [0.3, 0.4) is 0 Å². The van der Waals surface area contributed by atoms with Crippen LogP contribution in [-0.2, 0) is 6.54 Å². The lowest BCUT2D eigenvalue weighted by Gasteiger charge is -2.25. The van der Waals surface area contributed by atoms with Crippen molar-refractivity contribution in [1.82, 2.24) is 5.32 Å². The van der Waals surface area contributed by atoms with Crippen LogP contribution in [0, 0.1) is 5.92 Å². The quantitative estimate of drug-likeness (QED) is 0.920. The van der Waals surface area contributed by atoms with E-state index in [-0.39, 0.29) is 0 Å². The lowest BCUT2D eigenvalue weighted by molar-refractivity contribution is 0.625. The van der Waals surface area contributed by atoms with E-state index in [1.165, 1.54) is 28.7 Å². The number of hydrogen-bond acceptors (Lipinski definition) is 2. The van der Waals surface area contributed by atoms with Gasteiger partial charge >= 0.3 is 0 Å².